The SMILES string of the molecule is Cc1ccc(N(c2ccc(C)cc2)c2c(N(c3ccc(C)cc3)c3ccc(C)cc3)c3c4c(c2N(c2ccc(C)cc2)c2ccc(C)cc2)-n2c5ccc(C)cc5c5cc(C)cc(c52)C4c2cc(C)cc4c5cc(C)ccc5n-3c24)cc1. The number of fused-ring (bicyclic) bond motifs is 10. The highest BCUT2D eigenvalue weighted by Crippen LogP contribution is 2.66. The molecule has 0 aliphatic carbocycles. The monoisotopic (exact) mass is 1060 g/mol. The lowest BCUT2D eigenvalue weighted by Crippen LogP contribution is -2.30. The molecule has 2 aromatic heterocycles. The van der Waals surface area contributed by atoms with Crippen molar-refractivity contribution < 1.29 is 0 Å². The van der Waals surface area contributed by atoms with Crippen molar-refractivity contribution in [2.24, 2.45) is 0 Å². The van der Waals surface area contributed by atoms with Gasteiger partial charge in [0.05, 0.1) is 50.5 Å². The molecule has 4 heterocycles. The third-order valence-corrected chi connectivity index (χ3v) is 17.6. The summed E-state index contributed by atoms with van der Waals surface area (Å²) in [5.74, 6) is -0.180. The lowest BCUT2D eigenvalue weighted by molar-refractivity contribution is 0.878. The van der Waals surface area contributed by atoms with Gasteiger partial charge < -0.3 is 23.8 Å². The van der Waals surface area contributed by atoms with Crippen molar-refractivity contribution >= 4 is 94.8 Å². The summed E-state index contributed by atoms with van der Waals surface area (Å²) >= 11 is 0. The van der Waals surface area contributed by atoms with Crippen LogP contribution in [-0.2, 0) is 0 Å². The first-order valence-corrected chi connectivity index (χ1v) is 28.9. The molecule has 5 heteroatoms. The van der Waals surface area contributed by atoms with E-state index in [1.165, 1.54) is 116 Å². The number of rotatable bonds is 9. The number of hydrogen-bond donors (Lipinski definition) is 0. The molecule has 0 spiro atoms. The molecule has 11 aromatic carbocycles. The molecule has 0 amide bonds. The predicted octanol–water partition coefficient (Wildman–Crippen LogP) is 21.2. The molecule has 2 aliphatic rings. The quantitative estimate of drug-likeness (QED) is 0.144. The number of benzene rings is 11. The molecule has 0 unspecified atom stereocenters. The van der Waals surface area contributed by atoms with Crippen LogP contribution in [0.1, 0.15) is 78.2 Å². The van der Waals surface area contributed by atoms with E-state index in [1.807, 2.05) is 0 Å². The van der Waals surface area contributed by atoms with E-state index >= 15 is 0 Å². The van der Waals surface area contributed by atoms with Gasteiger partial charge in [0.15, 0.2) is 0 Å². The van der Waals surface area contributed by atoms with Gasteiger partial charge in [-0.05, 0) is 190 Å². The van der Waals surface area contributed by atoms with E-state index in [2.05, 4.69) is 299 Å². The summed E-state index contributed by atoms with van der Waals surface area (Å²) in [5, 5.41) is 5.06. The minimum absolute atomic E-state index is 0.180. The minimum atomic E-state index is -0.180. The Bertz CT molecular complexity index is 4360. The van der Waals surface area contributed by atoms with Gasteiger partial charge in [0.2, 0.25) is 0 Å². The Morgan fingerprint density at radius 3 is 0.805 bits per heavy atom. The van der Waals surface area contributed by atoms with Crippen LogP contribution in [0, 0.1) is 69.2 Å². The molecule has 5 nitrogen and oxygen atoms in total. The fourth-order valence-electron chi connectivity index (χ4n) is 13.7. The van der Waals surface area contributed by atoms with Gasteiger partial charge >= 0.3 is 0 Å². The molecule has 398 valence electrons. The van der Waals surface area contributed by atoms with E-state index in [-0.39, 0.29) is 5.92 Å². The minimum Gasteiger partial charge on any atom is -0.307 e. The highest BCUT2D eigenvalue weighted by molar-refractivity contribution is 6.20. The summed E-state index contributed by atoms with van der Waals surface area (Å²) < 4.78 is 5.40. The number of aromatic nitrogens is 2. The second kappa shape index (κ2) is 18.5. The van der Waals surface area contributed by atoms with Crippen LogP contribution in [0.25, 0.3) is 55.0 Å². The van der Waals surface area contributed by atoms with Crippen molar-refractivity contribution in [3.63, 3.8) is 0 Å². The third kappa shape index (κ3) is 7.52. The summed E-state index contributed by atoms with van der Waals surface area (Å²) in [7, 11) is 0. The Labute approximate surface area is 481 Å². The normalized spacial score (nSPS) is 12.5. The maximum absolute atomic E-state index is 2.70. The van der Waals surface area contributed by atoms with E-state index in [1.54, 1.807) is 0 Å². The Morgan fingerprint density at radius 1 is 0.256 bits per heavy atom. The molecule has 82 heavy (non-hydrogen) atoms. The van der Waals surface area contributed by atoms with Gasteiger partial charge in [-0.3, -0.25) is 0 Å². The van der Waals surface area contributed by atoms with Crippen LogP contribution < -0.4 is 14.7 Å². The third-order valence-electron chi connectivity index (χ3n) is 17.6. The molecular weight excluding hydrogens is 995 g/mol. The number of anilines is 9. The van der Waals surface area contributed by atoms with Crippen LogP contribution in [-0.4, -0.2) is 9.13 Å². The average molecular weight is 1060 g/mol. The average Bonchev–Trinajstić information content (AvgIpc) is 1.42. The fourth-order valence-corrected chi connectivity index (χ4v) is 13.7. The smallest absolute Gasteiger partial charge is 0.0990 e. The Hall–Kier alpha value is -9.58. The van der Waals surface area contributed by atoms with E-state index in [4.69, 9.17) is 0 Å². The van der Waals surface area contributed by atoms with Crippen LogP contribution in [0.15, 0.2) is 206 Å². The first-order valence-electron chi connectivity index (χ1n) is 28.9. The van der Waals surface area contributed by atoms with Gasteiger partial charge in [-0.25, -0.2) is 0 Å². The molecule has 0 N–H and O–H groups in total. The van der Waals surface area contributed by atoms with Crippen molar-refractivity contribution in [1.82, 2.24) is 9.13 Å². The lowest BCUT2D eigenvalue weighted by Gasteiger charge is -2.45. The number of aryl methyl sites for hydroxylation is 10. The summed E-state index contributed by atoms with van der Waals surface area (Å²) in [6, 6.07) is 79.5. The van der Waals surface area contributed by atoms with Gasteiger partial charge in [-0.1, -0.05) is 153 Å². The Balaban J connectivity index is 1.31. The van der Waals surface area contributed by atoms with Crippen LogP contribution in [0.5, 0.6) is 0 Å². The summed E-state index contributed by atoms with van der Waals surface area (Å²) in [5.41, 5.74) is 32.8. The van der Waals surface area contributed by atoms with E-state index in [0.29, 0.717) is 0 Å². The zero-order chi connectivity index (χ0) is 56.0. The predicted molar refractivity (Wildman–Crippen MR) is 347 cm³/mol. The van der Waals surface area contributed by atoms with Crippen molar-refractivity contribution in [1.29, 1.82) is 0 Å². The first-order chi connectivity index (χ1) is 39.8. The van der Waals surface area contributed by atoms with Gasteiger partial charge in [0.1, 0.15) is 0 Å². The van der Waals surface area contributed by atoms with Gasteiger partial charge in [-0.2, -0.15) is 0 Å². The largest absolute Gasteiger partial charge is 0.307 e. The molecule has 2 aliphatic heterocycles. The van der Waals surface area contributed by atoms with Crippen molar-refractivity contribution in [3.8, 4) is 11.4 Å². The van der Waals surface area contributed by atoms with Crippen LogP contribution in [0.3, 0.4) is 0 Å². The molecule has 0 saturated carbocycles. The maximum atomic E-state index is 2.70. The second-order valence-corrected chi connectivity index (χ2v) is 23.8. The number of hydrogen-bond acceptors (Lipinski definition) is 3. The fraction of sp³-hybridized carbons (Fsp3) is 0.143. The molecule has 0 bridgehead atoms. The zero-order valence-electron chi connectivity index (χ0n) is 48.4. The van der Waals surface area contributed by atoms with Gasteiger partial charge in [-0.15, -0.1) is 0 Å². The molecule has 0 atom stereocenters. The second-order valence-electron chi connectivity index (χ2n) is 23.8. The topological polar surface area (TPSA) is 19.6 Å². The van der Waals surface area contributed by atoms with Gasteiger partial charge in [0.25, 0.3) is 0 Å². The van der Waals surface area contributed by atoms with Crippen molar-refractivity contribution in [2.75, 3.05) is 14.7 Å². The summed E-state index contributed by atoms with van der Waals surface area (Å²) in [6.07, 6.45) is 0. The zero-order valence-corrected chi connectivity index (χ0v) is 48.4. The molecule has 15 rings (SSSR count). The standard InChI is InChI=1S/C77H65N5/c1-45-11-25-55(26-12-45)78(56-27-13-46(2)14-28-56)75-73-70-69(65-43-53(9)41-63-61-39-51(7)23-37-67(61)81(73)71(63)65)66-44-54(10)42-64-62-40-52(8)24-38-68(62)82(72(64)66)74(70)76(79(57-29-15-47(3)16-30-57)58-31-17-48(4)18-32-58)77(75)80(59-33-19-49(5)20-34-59)60-35-21-50(6)22-36-60/h11-44,69H,1-10H3. The van der Waals surface area contributed by atoms with E-state index in [9.17, 15) is 0 Å². The molecule has 0 radical (unpaired) electrons. The first kappa shape index (κ1) is 49.5. The number of nitrogens with zero attached hydrogens (tertiary/aromatic N) is 5. The van der Waals surface area contributed by atoms with E-state index < -0.39 is 0 Å². The summed E-state index contributed by atoms with van der Waals surface area (Å²) in [6.45, 7) is 22.2. The molecule has 13 aromatic rings. The van der Waals surface area contributed by atoms with Crippen LogP contribution in [0.4, 0.5) is 51.2 Å². The van der Waals surface area contributed by atoms with Crippen molar-refractivity contribution in [3.05, 3.63) is 279 Å². The lowest BCUT2D eigenvalue weighted by atomic mass is 9.75. The van der Waals surface area contributed by atoms with Crippen molar-refractivity contribution in [2.45, 2.75) is 75.2 Å². The van der Waals surface area contributed by atoms with E-state index in [0.717, 1.165) is 62.6 Å². The Kier molecular flexibility index (Phi) is 11.1. The van der Waals surface area contributed by atoms with Gasteiger partial charge in [0, 0.05) is 67.2 Å². The highest BCUT2D eigenvalue weighted by atomic mass is 15.3. The highest BCUT2D eigenvalue weighted by Gasteiger charge is 2.46. The van der Waals surface area contributed by atoms with Crippen LogP contribution in [0.2, 0.25) is 0 Å². The maximum Gasteiger partial charge on any atom is 0.0990 e. The Morgan fingerprint density at radius 2 is 0.512 bits per heavy atom. The summed E-state index contributed by atoms with van der Waals surface area (Å²) in [4.78, 5) is 7.80. The van der Waals surface area contributed by atoms with Crippen LogP contribution >= 0.6 is 0 Å². The molecular formula is C77H65N5. The molecule has 0 fully saturated rings. The molecule has 0 saturated heterocycles.